The number of hydrogen-bond donors (Lipinski definition) is 1. The van der Waals surface area contributed by atoms with E-state index in [0.717, 1.165) is 0 Å². The van der Waals surface area contributed by atoms with E-state index in [4.69, 9.17) is 5.73 Å². The summed E-state index contributed by atoms with van der Waals surface area (Å²) in [6.45, 7) is -2.93. The van der Waals surface area contributed by atoms with E-state index >= 15 is 0 Å². The Labute approximate surface area is 157 Å². The summed E-state index contributed by atoms with van der Waals surface area (Å²) in [5.41, 5.74) is 5.84. The van der Waals surface area contributed by atoms with Crippen LogP contribution >= 0.6 is 11.8 Å². The number of benzene rings is 2. The van der Waals surface area contributed by atoms with Crippen molar-refractivity contribution >= 4 is 28.6 Å². The monoisotopic (exact) mass is 391 g/mol. The average Bonchev–Trinajstić information content (AvgIpc) is 2.62. The number of aromatic nitrogens is 2. The molecule has 0 aliphatic rings. The Morgan fingerprint density at radius 2 is 1.89 bits per heavy atom. The van der Waals surface area contributed by atoms with Crippen LogP contribution in [0.15, 0.2) is 58.5 Å². The van der Waals surface area contributed by atoms with E-state index in [0.29, 0.717) is 27.5 Å². The number of para-hydroxylation sites is 1. The first-order valence-electron chi connectivity index (χ1n) is 7.94. The topological polar surface area (TPSA) is 87.2 Å². The summed E-state index contributed by atoms with van der Waals surface area (Å²) in [5.74, 6) is -0.115. The number of amides is 1. The van der Waals surface area contributed by atoms with Crippen LogP contribution in [-0.2, 0) is 4.79 Å². The van der Waals surface area contributed by atoms with Crippen molar-refractivity contribution in [3.05, 3.63) is 58.9 Å². The molecular formula is C18H15F2N3O3S. The van der Waals surface area contributed by atoms with E-state index in [-0.39, 0.29) is 17.7 Å². The molecule has 6 nitrogen and oxygen atoms in total. The standard InChI is InChI=1S/C18H15F2N3O3S/c19-17(20)26-12-7-5-11(6-8-12)23-16(25)13-3-1-2-4-14(13)22-18(23)27-10-9-15(21)24/h1-8,17H,9-10H2,(H2,21,24). The van der Waals surface area contributed by atoms with E-state index in [1.54, 1.807) is 24.3 Å². The lowest BCUT2D eigenvalue weighted by molar-refractivity contribution is -0.117. The normalized spacial score (nSPS) is 11.1. The predicted octanol–water partition coefficient (Wildman–Crippen LogP) is 2.95. The first-order valence-corrected chi connectivity index (χ1v) is 8.92. The number of primary amides is 1. The van der Waals surface area contributed by atoms with Gasteiger partial charge in [-0.1, -0.05) is 23.9 Å². The highest BCUT2D eigenvalue weighted by molar-refractivity contribution is 7.99. The second-order valence-electron chi connectivity index (χ2n) is 5.49. The van der Waals surface area contributed by atoms with Crippen LogP contribution in [0.25, 0.3) is 16.6 Å². The van der Waals surface area contributed by atoms with Crippen LogP contribution < -0.4 is 16.0 Å². The molecule has 140 valence electrons. The number of fused-ring (bicyclic) bond motifs is 1. The number of halogens is 2. The minimum Gasteiger partial charge on any atom is -0.435 e. The summed E-state index contributed by atoms with van der Waals surface area (Å²) in [6.07, 6.45) is 0.133. The third kappa shape index (κ3) is 4.43. The fourth-order valence-corrected chi connectivity index (χ4v) is 3.42. The lowest BCUT2D eigenvalue weighted by Crippen LogP contribution is -2.22. The number of nitrogens with zero attached hydrogens (tertiary/aromatic N) is 2. The fraction of sp³-hybridized carbons (Fsp3) is 0.167. The number of rotatable bonds is 7. The van der Waals surface area contributed by atoms with Crippen molar-refractivity contribution in [1.82, 2.24) is 9.55 Å². The first kappa shape index (κ1) is 18.8. The minimum atomic E-state index is -2.93. The van der Waals surface area contributed by atoms with Gasteiger partial charge in [0.05, 0.1) is 16.6 Å². The summed E-state index contributed by atoms with van der Waals surface area (Å²) < 4.78 is 30.4. The fourth-order valence-electron chi connectivity index (χ4n) is 2.46. The van der Waals surface area contributed by atoms with Crippen molar-refractivity contribution < 1.29 is 18.3 Å². The Kier molecular flexibility index (Phi) is 5.70. The third-order valence-electron chi connectivity index (χ3n) is 3.64. The second kappa shape index (κ2) is 8.17. The summed E-state index contributed by atoms with van der Waals surface area (Å²) >= 11 is 1.21. The van der Waals surface area contributed by atoms with E-state index in [1.165, 1.54) is 40.6 Å². The zero-order chi connectivity index (χ0) is 19.4. The maximum absolute atomic E-state index is 13.0. The van der Waals surface area contributed by atoms with Crippen molar-refractivity contribution in [3.8, 4) is 11.4 Å². The lowest BCUT2D eigenvalue weighted by Gasteiger charge is -2.13. The van der Waals surface area contributed by atoms with Crippen LogP contribution in [0.4, 0.5) is 8.78 Å². The Hall–Kier alpha value is -2.94. The summed E-state index contributed by atoms with van der Waals surface area (Å²) in [7, 11) is 0. The van der Waals surface area contributed by atoms with E-state index in [1.807, 2.05) is 0 Å². The van der Waals surface area contributed by atoms with Gasteiger partial charge in [0.1, 0.15) is 5.75 Å². The molecule has 9 heteroatoms. The highest BCUT2D eigenvalue weighted by atomic mass is 32.2. The van der Waals surface area contributed by atoms with Gasteiger partial charge in [-0.3, -0.25) is 14.2 Å². The van der Waals surface area contributed by atoms with Crippen LogP contribution in [0.5, 0.6) is 5.75 Å². The van der Waals surface area contributed by atoms with Crippen LogP contribution in [-0.4, -0.2) is 27.8 Å². The molecule has 3 aromatic rings. The van der Waals surface area contributed by atoms with Crippen molar-refractivity contribution in [3.63, 3.8) is 0 Å². The van der Waals surface area contributed by atoms with Gasteiger partial charge in [-0.05, 0) is 36.4 Å². The zero-order valence-corrected chi connectivity index (χ0v) is 14.8. The van der Waals surface area contributed by atoms with Crippen LogP contribution in [0.3, 0.4) is 0 Å². The quantitative estimate of drug-likeness (QED) is 0.494. The van der Waals surface area contributed by atoms with Crippen LogP contribution in [0, 0.1) is 0 Å². The number of nitrogens with two attached hydrogens (primary N) is 1. The number of alkyl halides is 2. The van der Waals surface area contributed by atoms with Crippen molar-refractivity contribution in [2.45, 2.75) is 18.2 Å². The average molecular weight is 391 g/mol. The Morgan fingerprint density at radius 1 is 1.19 bits per heavy atom. The SMILES string of the molecule is NC(=O)CCSc1nc2ccccc2c(=O)n1-c1ccc(OC(F)F)cc1. The van der Waals surface area contributed by atoms with Crippen molar-refractivity contribution in [1.29, 1.82) is 0 Å². The summed E-state index contributed by atoms with van der Waals surface area (Å²) in [4.78, 5) is 28.5. The molecule has 0 saturated heterocycles. The highest BCUT2D eigenvalue weighted by Gasteiger charge is 2.14. The second-order valence-corrected chi connectivity index (χ2v) is 6.55. The van der Waals surface area contributed by atoms with E-state index < -0.39 is 12.5 Å². The largest absolute Gasteiger partial charge is 0.435 e. The van der Waals surface area contributed by atoms with Gasteiger partial charge in [-0.15, -0.1) is 0 Å². The number of carbonyl (C=O) groups is 1. The van der Waals surface area contributed by atoms with Crippen LogP contribution in [0.1, 0.15) is 6.42 Å². The lowest BCUT2D eigenvalue weighted by atomic mass is 10.2. The molecule has 0 spiro atoms. The van der Waals surface area contributed by atoms with Gasteiger partial charge in [0, 0.05) is 12.2 Å². The van der Waals surface area contributed by atoms with Crippen molar-refractivity contribution in [2.24, 2.45) is 5.73 Å². The molecule has 1 aromatic heterocycles. The van der Waals surface area contributed by atoms with E-state index in [2.05, 4.69) is 9.72 Å². The van der Waals surface area contributed by atoms with Gasteiger partial charge >= 0.3 is 6.61 Å². The minimum absolute atomic E-state index is 0.0153. The molecular weight excluding hydrogens is 376 g/mol. The molecule has 2 N–H and O–H groups in total. The van der Waals surface area contributed by atoms with E-state index in [9.17, 15) is 18.4 Å². The summed E-state index contributed by atoms with van der Waals surface area (Å²) in [5, 5.41) is 0.798. The molecule has 1 heterocycles. The molecule has 3 rings (SSSR count). The molecule has 0 aliphatic heterocycles. The van der Waals surface area contributed by atoms with Gasteiger partial charge in [0.2, 0.25) is 5.91 Å². The Bertz CT molecular complexity index is 1020. The van der Waals surface area contributed by atoms with Crippen molar-refractivity contribution in [2.75, 3.05) is 5.75 Å². The molecule has 0 bridgehead atoms. The molecule has 0 radical (unpaired) electrons. The zero-order valence-electron chi connectivity index (χ0n) is 14.0. The smallest absolute Gasteiger partial charge is 0.387 e. The van der Waals surface area contributed by atoms with Gasteiger partial charge in [-0.25, -0.2) is 4.98 Å². The number of hydrogen-bond acceptors (Lipinski definition) is 5. The Balaban J connectivity index is 2.07. The molecule has 0 aliphatic carbocycles. The van der Waals surface area contributed by atoms with Gasteiger partial charge in [-0.2, -0.15) is 8.78 Å². The number of carbonyl (C=O) groups excluding carboxylic acids is 1. The predicted molar refractivity (Wildman–Crippen MR) is 98.5 cm³/mol. The van der Waals surface area contributed by atoms with Crippen LogP contribution in [0.2, 0.25) is 0 Å². The third-order valence-corrected chi connectivity index (χ3v) is 4.58. The van der Waals surface area contributed by atoms with Gasteiger partial charge < -0.3 is 10.5 Å². The molecule has 2 aromatic carbocycles. The highest BCUT2D eigenvalue weighted by Crippen LogP contribution is 2.23. The van der Waals surface area contributed by atoms with Gasteiger partial charge in [0.25, 0.3) is 5.56 Å². The molecule has 27 heavy (non-hydrogen) atoms. The molecule has 1 amide bonds. The summed E-state index contributed by atoms with van der Waals surface area (Å²) in [6, 6.07) is 12.6. The molecule has 0 fully saturated rings. The molecule has 0 unspecified atom stereocenters. The Morgan fingerprint density at radius 3 is 2.56 bits per heavy atom. The first-order chi connectivity index (χ1) is 13.0. The maximum Gasteiger partial charge on any atom is 0.387 e. The molecule has 0 atom stereocenters. The molecule has 0 saturated carbocycles. The number of ether oxygens (including phenoxy) is 1. The van der Waals surface area contributed by atoms with Gasteiger partial charge in [0.15, 0.2) is 5.16 Å². The number of thioether (sulfide) groups is 1. The maximum atomic E-state index is 13.0.